The van der Waals surface area contributed by atoms with Crippen molar-refractivity contribution in [3.63, 3.8) is 0 Å². The van der Waals surface area contributed by atoms with Crippen molar-refractivity contribution in [3.05, 3.63) is 85.0 Å². The zero-order valence-corrected chi connectivity index (χ0v) is 19.1. The van der Waals surface area contributed by atoms with Crippen LogP contribution in [0.5, 0.6) is 0 Å². The number of sulfonamides is 1. The van der Waals surface area contributed by atoms with Crippen molar-refractivity contribution >= 4 is 21.6 Å². The molecule has 2 aromatic rings. The molecule has 6 heteroatoms. The van der Waals surface area contributed by atoms with Crippen molar-refractivity contribution in [1.82, 2.24) is 4.90 Å². The normalized spacial score (nSPS) is 17.8. The number of amides is 1. The van der Waals surface area contributed by atoms with Gasteiger partial charge in [0.1, 0.15) is 0 Å². The minimum absolute atomic E-state index is 0.0198. The Bertz CT molecular complexity index is 1080. The Morgan fingerprint density at radius 1 is 1.13 bits per heavy atom. The third kappa shape index (κ3) is 4.59. The molecule has 1 amide bonds. The highest BCUT2D eigenvalue weighted by Crippen LogP contribution is 2.45. The van der Waals surface area contributed by atoms with Crippen molar-refractivity contribution in [2.24, 2.45) is 0 Å². The summed E-state index contributed by atoms with van der Waals surface area (Å²) in [6.07, 6.45) is 4.40. The number of anilines is 1. The second-order valence-corrected chi connectivity index (χ2v) is 10.1. The molecule has 0 fully saturated rings. The van der Waals surface area contributed by atoms with E-state index in [2.05, 4.69) is 13.2 Å². The second-order valence-electron chi connectivity index (χ2n) is 8.29. The zero-order chi connectivity index (χ0) is 22.6. The molecule has 0 N–H and O–H groups in total. The molecule has 1 aliphatic heterocycles. The number of rotatable bonds is 9. The van der Waals surface area contributed by atoms with Crippen LogP contribution in [0.3, 0.4) is 0 Å². The fraction of sp³-hybridized carbons (Fsp3) is 0.320. The topological polar surface area (TPSA) is 57.7 Å². The van der Waals surface area contributed by atoms with Gasteiger partial charge in [-0.2, -0.15) is 0 Å². The Morgan fingerprint density at radius 3 is 2.45 bits per heavy atom. The summed E-state index contributed by atoms with van der Waals surface area (Å²) >= 11 is 0. The minimum atomic E-state index is -3.74. The van der Waals surface area contributed by atoms with E-state index in [1.165, 1.54) is 4.31 Å². The molecule has 0 aromatic heterocycles. The predicted octanol–water partition coefficient (Wildman–Crippen LogP) is 4.44. The van der Waals surface area contributed by atoms with Gasteiger partial charge in [0.25, 0.3) is 10.0 Å². The molecule has 0 aliphatic carbocycles. The van der Waals surface area contributed by atoms with E-state index >= 15 is 0 Å². The fourth-order valence-corrected chi connectivity index (χ4v) is 5.67. The Balaban J connectivity index is 1.94. The first-order valence-electron chi connectivity index (χ1n) is 10.4. The summed E-state index contributed by atoms with van der Waals surface area (Å²) in [4.78, 5) is 15.2. The maximum atomic E-state index is 13.5. The van der Waals surface area contributed by atoms with E-state index in [4.69, 9.17) is 0 Å². The van der Waals surface area contributed by atoms with E-state index in [0.29, 0.717) is 25.2 Å². The van der Waals surface area contributed by atoms with Gasteiger partial charge in [-0.05, 0) is 37.1 Å². The summed E-state index contributed by atoms with van der Waals surface area (Å²) in [5, 5.41) is 0. The Hall–Kier alpha value is -2.86. The number of hydrogen-bond acceptors (Lipinski definition) is 3. The van der Waals surface area contributed by atoms with E-state index < -0.39 is 15.4 Å². The minimum Gasteiger partial charge on any atom is -0.339 e. The number of para-hydroxylation sites is 1. The van der Waals surface area contributed by atoms with Gasteiger partial charge in [-0.25, -0.2) is 8.42 Å². The molecule has 0 bridgehead atoms. The number of carbonyl (C=O) groups is 1. The Labute approximate surface area is 185 Å². The first-order chi connectivity index (χ1) is 14.7. The molecule has 0 saturated carbocycles. The van der Waals surface area contributed by atoms with Gasteiger partial charge in [0.2, 0.25) is 5.91 Å². The number of carbonyl (C=O) groups excluding carboxylic acids is 1. The molecule has 1 atom stereocenters. The molecule has 31 heavy (non-hydrogen) atoms. The van der Waals surface area contributed by atoms with Crippen molar-refractivity contribution in [3.8, 4) is 0 Å². The van der Waals surface area contributed by atoms with Crippen molar-refractivity contribution in [2.45, 2.75) is 37.0 Å². The second kappa shape index (κ2) is 9.10. The lowest BCUT2D eigenvalue weighted by atomic mass is 9.81. The summed E-state index contributed by atoms with van der Waals surface area (Å²) in [7, 11) is -3.74. The van der Waals surface area contributed by atoms with E-state index in [1.807, 2.05) is 38.1 Å². The van der Waals surface area contributed by atoms with Gasteiger partial charge in [-0.3, -0.25) is 9.10 Å². The highest BCUT2D eigenvalue weighted by Gasteiger charge is 2.45. The predicted molar refractivity (Wildman–Crippen MR) is 126 cm³/mol. The third-order valence-corrected chi connectivity index (χ3v) is 7.55. The summed E-state index contributed by atoms with van der Waals surface area (Å²) < 4.78 is 28.4. The molecule has 0 spiro atoms. The van der Waals surface area contributed by atoms with Gasteiger partial charge < -0.3 is 4.90 Å². The number of hydrogen-bond donors (Lipinski definition) is 0. The SMILES string of the molecule is C=CCCN(CC=C)C(=O)CC1(C)CN(S(=O)(=O)c2ccc(C)cc2)c2ccccc21. The van der Waals surface area contributed by atoms with Crippen LogP contribution in [0.2, 0.25) is 0 Å². The highest BCUT2D eigenvalue weighted by molar-refractivity contribution is 7.92. The average molecular weight is 439 g/mol. The number of benzene rings is 2. The van der Waals surface area contributed by atoms with Gasteiger partial charge in [0.05, 0.1) is 10.6 Å². The molecule has 5 nitrogen and oxygen atoms in total. The maximum absolute atomic E-state index is 13.5. The number of fused-ring (bicyclic) bond motifs is 1. The molecule has 164 valence electrons. The van der Waals surface area contributed by atoms with Gasteiger partial charge in [-0.1, -0.05) is 55.0 Å². The molecule has 2 aromatic carbocycles. The van der Waals surface area contributed by atoms with E-state index in [1.54, 1.807) is 41.3 Å². The van der Waals surface area contributed by atoms with Crippen LogP contribution >= 0.6 is 0 Å². The lowest BCUT2D eigenvalue weighted by Gasteiger charge is -2.29. The van der Waals surface area contributed by atoms with Crippen LogP contribution in [-0.2, 0) is 20.2 Å². The van der Waals surface area contributed by atoms with Crippen LogP contribution in [-0.4, -0.2) is 38.9 Å². The molecule has 0 radical (unpaired) electrons. The molecule has 1 unspecified atom stereocenters. The van der Waals surface area contributed by atoms with Crippen LogP contribution in [0.15, 0.2) is 78.7 Å². The summed E-state index contributed by atoms with van der Waals surface area (Å²) in [6.45, 7) is 12.6. The highest BCUT2D eigenvalue weighted by atomic mass is 32.2. The smallest absolute Gasteiger partial charge is 0.264 e. The molecular weight excluding hydrogens is 408 g/mol. The quantitative estimate of drug-likeness (QED) is 0.544. The van der Waals surface area contributed by atoms with Crippen LogP contribution < -0.4 is 4.31 Å². The van der Waals surface area contributed by atoms with Crippen LogP contribution in [0, 0.1) is 6.92 Å². The summed E-state index contributed by atoms with van der Waals surface area (Å²) in [6, 6.07) is 14.3. The largest absolute Gasteiger partial charge is 0.339 e. The zero-order valence-electron chi connectivity index (χ0n) is 18.3. The first kappa shape index (κ1) is 22.8. The van der Waals surface area contributed by atoms with Crippen molar-refractivity contribution < 1.29 is 13.2 Å². The monoisotopic (exact) mass is 438 g/mol. The first-order valence-corrected chi connectivity index (χ1v) is 11.9. The van der Waals surface area contributed by atoms with Crippen LogP contribution in [0.25, 0.3) is 0 Å². The lowest BCUT2D eigenvalue weighted by Crippen LogP contribution is -2.41. The van der Waals surface area contributed by atoms with Crippen molar-refractivity contribution in [2.75, 3.05) is 23.9 Å². The summed E-state index contributed by atoms with van der Waals surface area (Å²) in [5.74, 6) is -0.0198. The average Bonchev–Trinajstić information content (AvgIpc) is 3.05. The van der Waals surface area contributed by atoms with E-state index in [9.17, 15) is 13.2 Å². The molecule has 0 saturated heterocycles. The molecule has 3 rings (SSSR count). The van der Waals surface area contributed by atoms with Crippen molar-refractivity contribution in [1.29, 1.82) is 0 Å². The van der Waals surface area contributed by atoms with Gasteiger partial charge in [-0.15, -0.1) is 13.2 Å². The lowest BCUT2D eigenvalue weighted by molar-refractivity contribution is -0.131. The summed E-state index contributed by atoms with van der Waals surface area (Å²) in [5.41, 5.74) is 1.89. The number of nitrogens with zero attached hydrogens (tertiary/aromatic N) is 2. The Kier molecular flexibility index (Phi) is 6.70. The van der Waals surface area contributed by atoms with Gasteiger partial charge >= 0.3 is 0 Å². The van der Waals surface area contributed by atoms with Crippen LogP contribution in [0.1, 0.15) is 30.9 Å². The Morgan fingerprint density at radius 2 is 1.81 bits per heavy atom. The standard InChI is InChI=1S/C25H30N2O3S/c1-5-7-17-26(16-6-2)24(28)18-25(4)19-27(23-11-9-8-10-22(23)25)31(29,30)21-14-12-20(3)13-15-21/h5-6,8-15H,1-2,7,16-19H2,3-4H3. The van der Waals surface area contributed by atoms with E-state index in [-0.39, 0.29) is 23.8 Å². The number of aryl methyl sites for hydroxylation is 1. The van der Waals surface area contributed by atoms with Gasteiger partial charge in [0.15, 0.2) is 0 Å². The van der Waals surface area contributed by atoms with Gasteiger partial charge in [0, 0.05) is 31.5 Å². The van der Waals surface area contributed by atoms with Crippen LogP contribution in [0.4, 0.5) is 5.69 Å². The van der Waals surface area contributed by atoms with E-state index in [0.717, 1.165) is 11.1 Å². The molecular formula is C25H30N2O3S. The molecule has 1 aliphatic rings. The third-order valence-electron chi connectivity index (χ3n) is 5.77. The molecule has 1 heterocycles. The maximum Gasteiger partial charge on any atom is 0.264 e. The fourth-order valence-electron chi connectivity index (χ4n) is 4.06.